The number of carbonyl (C=O) groups is 2. The van der Waals surface area contributed by atoms with Crippen LogP contribution in [0.2, 0.25) is 0 Å². The largest absolute Gasteiger partial charge is 0.381 e. The van der Waals surface area contributed by atoms with Gasteiger partial charge in [-0.05, 0) is 38.0 Å². The second-order valence-electron chi connectivity index (χ2n) is 6.51. The van der Waals surface area contributed by atoms with Crippen LogP contribution >= 0.6 is 11.3 Å². The minimum Gasteiger partial charge on any atom is -0.381 e. The molecule has 2 amide bonds. The molecular formula is C19H23FN4O3S. The molecule has 1 saturated heterocycles. The number of hydrogen-bond acceptors (Lipinski definition) is 6. The molecule has 1 N–H and O–H groups in total. The summed E-state index contributed by atoms with van der Waals surface area (Å²) in [6.07, 6.45) is 1.79. The van der Waals surface area contributed by atoms with E-state index in [1.165, 1.54) is 29.5 Å². The van der Waals surface area contributed by atoms with E-state index in [0.717, 1.165) is 5.01 Å². The number of benzene rings is 1. The van der Waals surface area contributed by atoms with Gasteiger partial charge in [0.05, 0.1) is 6.61 Å². The number of carbonyl (C=O) groups excluding carboxylic acids is 2. The lowest BCUT2D eigenvalue weighted by molar-refractivity contribution is -0.121. The molecule has 1 aliphatic heterocycles. The third-order valence-electron chi connectivity index (χ3n) is 4.59. The summed E-state index contributed by atoms with van der Waals surface area (Å²) in [7, 11) is 0. The predicted molar refractivity (Wildman–Crippen MR) is 104 cm³/mol. The highest BCUT2D eigenvalue weighted by Gasteiger charge is 2.28. The Balaban J connectivity index is 1.48. The zero-order valence-electron chi connectivity index (χ0n) is 15.7. The number of hydrogen-bond donors (Lipinski definition) is 1. The Hall–Kier alpha value is -2.39. The maximum Gasteiger partial charge on any atom is 0.253 e. The monoisotopic (exact) mass is 406 g/mol. The van der Waals surface area contributed by atoms with Gasteiger partial charge in [-0.1, -0.05) is 17.4 Å². The normalized spacial score (nSPS) is 14.9. The van der Waals surface area contributed by atoms with Crippen LogP contribution in [-0.2, 0) is 16.0 Å². The second-order valence-corrected chi connectivity index (χ2v) is 7.58. The van der Waals surface area contributed by atoms with Crippen molar-refractivity contribution in [1.82, 2.24) is 15.1 Å². The van der Waals surface area contributed by atoms with Crippen LogP contribution in [0.15, 0.2) is 24.3 Å². The first-order chi connectivity index (χ1) is 13.6. The van der Waals surface area contributed by atoms with Gasteiger partial charge in [0, 0.05) is 37.6 Å². The fourth-order valence-electron chi connectivity index (χ4n) is 3.07. The van der Waals surface area contributed by atoms with E-state index in [4.69, 9.17) is 4.74 Å². The molecule has 1 aromatic heterocycles. The maximum absolute atomic E-state index is 13.3. The second kappa shape index (κ2) is 9.70. The number of rotatable bonds is 7. The number of halogens is 1. The highest BCUT2D eigenvalue weighted by Crippen LogP contribution is 2.22. The van der Waals surface area contributed by atoms with E-state index in [2.05, 4.69) is 15.5 Å². The van der Waals surface area contributed by atoms with Gasteiger partial charge in [0.1, 0.15) is 10.8 Å². The number of ether oxygens (including phenoxy) is 1. The van der Waals surface area contributed by atoms with E-state index >= 15 is 0 Å². The van der Waals surface area contributed by atoms with E-state index in [-0.39, 0.29) is 17.7 Å². The van der Waals surface area contributed by atoms with Crippen molar-refractivity contribution in [2.75, 3.05) is 31.6 Å². The lowest BCUT2D eigenvalue weighted by atomic mass is 9.95. The Morgan fingerprint density at radius 1 is 1.32 bits per heavy atom. The smallest absolute Gasteiger partial charge is 0.253 e. The fraction of sp³-hybridized carbons (Fsp3) is 0.474. The molecule has 3 rings (SSSR count). The maximum atomic E-state index is 13.3. The number of aromatic nitrogens is 2. The average Bonchev–Trinajstić information content (AvgIpc) is 3.15. The lowest BCUT2D eigenvalue weighted by Gasteiger charge is -2.31. The minimum atomic E-state index is -0.433. The van der Waals surface area contributed by atoms with Crippen molar-refractivity contribution >= 4 is 28.3 Å². The third kappa shape index (κ3) is 5.32. The summed E-state index contributed by atoms with van der Waals surface area (Å²) in [5.74, 6) is -0.933. The van der Waals surface area contributed by atoms with E-state index in [0.29, 0.717) is 56.3 Å². The van der Waals surface area contributed by atoms with E-state index in [1.807, 2.05) is 6.92 Å². The molecule has 1 fully saturated rings. The molecule has 0 atom stereocenters. The molecule has 9 heteroatoms. The summed E-state index contributed by atoms with van der Waals surface area (Å²) in [6.45, 7) is 4.09. The molecule has 0 bridgehead atoms. The third-order valence-corrected chi connectivity index (χ3v) is 5.48. The zero-order valence-corrected chi connectivity index (χ0v) is 16.5. The molecule has 2 aromatic rings. The van der Waals surface area contributed by atoms with Crippen molar-refractivity contribution < 1.29 is 18.7 Å². The average molecular weight is 406 g/mol. The molecular weight excluding hydrogens is 383 g/mol. The van der Waals surface area contributed by atoms with Gasteiger partial charge < -0.3 is 15.0 Å². The molecule has 2 heterocycles. The van der Waals surface area contributed by atoms with Gasteiger partial charge in [-0.25, -0.2) is 4.39 Å². The SMILES string of the molecule is CCOCCc1nnc(NC(=O)C2CCN(C(=O)c3cccc(F)c3)CC2)s1. The topological polar surface area (TPSA) is 84.4 Å². The van der Waals surface area contributed by atoms with Gasteiger partial charge in [-0.2, -0.15) is 0 Å². The molecule has 0 unspecified atom stereocenters. The standard InChI is InChI=1S/C19H23FN4O3S/c1-2-27-11-8-16-22-23-19(28-16)21-17(25)13-6-9-24(10-7-13)18(26)14-4-3-5-15(20)12-14/h3-5,12-13H,2,6-11H2,1H3,(H,21,23,25). The Morgan fingerprint density at radius 2 is 2.11 bits per heavy atom. The van der Waals surface area contributed by atoms with Crippen LogP contribution < -0.4 is 5.32 Å². The molecule has 7 nitrogen and oxygen atoms in total. The van der Waals surface area contributed by atoms with Crippen LogP contribution in [0.1, 0.15) is 35.1 Å². The number of nitrogens with one attached hydrogen (secondary N) is 1. The van der Waals surface area contributed by atoms with E-state index in [9.17, 15) is 14.0 Å². The summed E-state index contributed by atoms with van der Waals surface area (Å²) in [6, 6.07) is 5.67. The Kier molecular flexibility index (Phi) is 7.05. The molecule has 1 aromatic carbocycles. The summed E-state index contributed by atoms with van der Waals surface area (Å²) >= 11 is 1.35. The highest BCUT2D eigenvalue weighted by atomic mass is 32.1. The van der Waals surface area contributed by atoms with Crippen LogP contribution in [0.25, 0.3) is 0 Å². The molecule has 150 valence electrons. The van der Waals surface area contributed by atoms with E-state index in [1.54, 1.807) is 11.0 Å². The molecule has 1 aliphatic rings. The van der Waals surface area contributed by atoms with Gasteiger partial charge in [0.2, 0.25) is 11.0 Å². The zero-order chi connectivity index (χ0) is 19.9. The van der Waals surface area contributed by atoms with Crippen LogP contribution in [0, 0.1) is 11.7 Å². The van der Waals surface area contributed by atoms with Crippen molar-refractivity contribution in [1.29, 1.82) is 0 Å². The fourth-order valence-corrected chi connectivity index (χ4v) is 3.79. The first-order valence-corrected chi connectivity index (χ1v) is 10.1. The molecule has 0 saturated carbocycles. The number of nitrogens with zero attached hydrogens (tertiary/aromatic N) is 3. The summed E-state index contributed by atoms with van der Waals surface area (Å²) < 4.78 is 18.6. The lowest BCUT2D eigenvalue weighted by Crippen LogP contribution is -2.41. The minimum absolute atomic E-state index is 0.106. The van der Waals surface area contributed by atoms with Crippen molar-refractivity contribution in [2.45, 2.75) is 26.2 Å². The Bertz CT molecular complexity index is 821. The molecule has 0 aliphatic carbocycles. The van der Waals surface area contributed by atoms with Crippen molar-refractivity contribution in [3.05, 3.63) is 40.7 Å². The Labute approximate surface area is 166 Å². The van der Waals surface area contributed by atoms with Crippen molar-refractivity contribution in [3.8, 4) is 0 Å². The number of anilines is 1. The van der Waals surface area contributed by atoms with Crippen LogP contribution in [0.3, 0.4) is 0 Å². The first kappa shape index (κ1) is 20.3. The molecule has 28 heavy (non-hydrogen) atoms. The van der Waals surface area contributed by atoms with E-state index < -0.39 is 5.82 Å². The molecule has 0 spiro atoms. The number of piperidine rings is 1. The summed E-state index contributed by atoms with van der Waals surface area (Å²) in [5.41, 5.74) is 0.330. The van der Waals surface area contributed by atoms with Gasteiger partial charge >= 0.3 is 0 Å². The van der Waals surface area contributed by atoms with Crippen molar-refractivity contribution in [2.24, 2.45) is 5.92 Å². The molecule has 0 radical (unpaired) electrons. The van der Waals surface area contributed by atoms with Gasteiger partial charge in [0.25, 0.3) is 5.91 Å². The number of likely N-dealkylation sites (tertiary alicyclic amines) is 1. The van der Waals surface area contributed by atoms with Crippen LogP contribution in [0.5, 0.6) is 0 Å². The highest BCUT2D eigenvalue weighted by molar-refractivity contribution is 7.15. The van der Waals surface area contributed by atoms with Crippen molar-refractivity contribution in [3.63, 3.8) is 0 Å². The predicted octanol–water partition coefficient (Wildman–Crippen LogP) is 2.75. The summed E-state index contributed by atoms with van der Waals surface area (Å²) in [5, 5.41) is 12.2. The Morgan fingerprint density at radius 3 is 2.82 bits per heavy atom. The van der Waals surface area contributed by atoms with Gasteiger partial charge in [0.15, 0.2) is 0 Å². The van der Waals surface area contributed by atoms with Crippen LogP contribution in [0.4, 0.5) is 9.52 Å². The first-order valence-electron chi connectivity index (χ1n) is 9.32. The van der Waals surface area contributed by atoms with Gasteiger partial charge in [-0.3, -0.25) is 9.59 Å². The van der Waals surface area contributed by atoms with Gasteiger partial charge in [-0.15, -0.1) is 10.2 Å². The summed E-state index contributed by atoms with van der Waals surface area (Å²) in [4.78, 5) is 26.6. The number of amides is 2. The van der Waals surface area contributed by atoms with Crippen LogP contribution in [-0.4, -0.2) is 53.2 Å². The quantitative estimate of drug-likeness (QED) is 0.715.